The van der Waals surface area contributed by atoms with Crippen molar-refractivity contribution in [3.63, 3.8) is 0 Å². The molecule has 1 aromatic heterocycles. The number of carbonyl (C=O) groups is 1. The van der Waals surface area contributed by atoms with E-state index in [4.69, 9.17) is 4.74 Å². The van der Waals surface area contributed by atoms with Gasteiger partial charge in [0.25, 0.3) is 5.91 Å². The number of rotatable bonds is 6. The molecule has 3 rings (SSSR count). The van der Waals surface area contributed by atoms with Crippen molar-refractivity contribution in [2.24, 2.45) is 0 Å². The van der Waals surface area contributed by atoms with E-state index in [-0.39, 0.29) is 12.5 Å². The molecular formula is C21H22N2O2S. The summed E-state index contributed by atoms with van der Waals surface area (Å²) in [5, 5.41) is 3.41. The van der Waals surface area contributed by atoms with Gasteiger partial charge < -0.3 is 4.74 Å². The van der Waals surface area contributed by atoms with Crippen LogP contribution < -0.4 is 10.1 Å². The standard InChI is InChI=1S/C21H22N2O2S/c1-14(2)17-10-7-11-18(12-17)25-13-19(24)22-21-23-20(15(3)26-21)16-8-5-4-6-9-16/h4-12,14H,13H2,1-3H3,(H,22,23,24). The second-order valence-electron chi connectivity index (χ2n) is 6.35. The Morgan fingerprint density at radius 2 is 1.92 bits per heavy atom. The molecule has 0 unspecified atom stereocenters. The highest BCUT2D eigenvalue weighted by atomic mass is 32.1. The summed E-state index contributed by atoms with van der Waals surface area (Å²) < 4.78 is 5.62. The van der Waals surface area contributed by atoms with Gasteiger partial charge in [-0.15, -0.1) is 11.3 Å². The third-order valence-electron chi connectivity index (χ3n) is 3.98. The first-order valence-corrected chi connectivity index (χ1v) is 9.40. The van der Waals surface area contributed by atoms with Gasteiger partial charge in [0, 0.05) is 10.4 Å². The van der Waals surface area contributed by atoms with Crippen LogP contribution in [0.1, 0.15) is 30.2 Å². The minimum atomic E-state index is -0.215. The molecule has 0 saturated carbocycles. The van der Waals surface area contributed by atoms with Crippen LogP contribution in [0.5, 0.6) is 5.75 Å². The molecule has 1 heterocycles. The van der Waals surface area contributed by atoms with E-state index in [1.807, 2.05) is 55.5 Å². The zero-order valence-corrected chi connectivity index (χ0v) is 16.0. The molecule has 0 saturated heterocycles. The summed E-state index contributed by atoms with van der Waals surface area (Å²) in [5.41, 5.74) is 3.13. The Morgan fingerprint density at radius 1 is 1.15 bits per heavy atom. The van der Waals surface area contributed by atoms with E-state index in [0.29, 0.717) is 16.8 Å². The van der Waals surface area contributed by atoms with Crippen LogP contribution in [0.2, 0.25) is 0 Å². The highest BCUT2D eigenvalue weighted by molar-refractivity contribution is 7.16. The monoisotopic (exact) mass is 366 g/mol. The SMILES string of the molecule is Cc1sc(NC(=O)COc2cccc(C(C)C)c2)nc1-c1ccccc1. The number of hydrogen-bond acceptors (Lipinski definition) is 4. The first-order chi connectivity index (χ1) is 12.5. The fourth-order valence-electron chi connectivity index (χ4n) is 2.58. The quantitative estimate of drug-likeness (QED) is 0.647. The highest BCUT2D eigenvalue weighted by Gasteiger charge is 2.12. The third kappa shape index (κ3) is 4.49. The van der Waals surface area contributed by atoms with Gasteiger partial charge in [-0.3, -0.25) is 10.1 Å². The topological polar surface area (TPSA) is 51.2 Å². The molecule has 0 atom stereocenters. The first kappa shape index (κ1) is 18.1. The van der Waals surface area contributed by atoms with Crippen LogP contribution in [-0.4, -0.2) is 17.5 Å². The van der Waals surface area contributed by atoms with Gasteiger partial charge in [0.1, 0.15) is 5.75 Å². The average Bonchev–Trinajstić information content (AvgIpc) is 3.01. The Labute approximate surface area is 157 Å². The zero-order valence-electron chi connectivity index (χ0n) is 15.2. The van der Waals surface area contributed by atoms with Crippen molar-refractivity contribution in [1.29, 1.82) is 0 Å². The van der Waals surface area contributed by atoms with E-state index in [0.717, 1.165) is 16.1 Å². The van der Waals surface area contributed by atoms with Gasteiger partial charge in [-0.1, -0.05) is 56.3 Å². The molecule has 2 aromatic carbocycles. The molecule has 4 nitrogen and oxygen atoms in total. The third-order valence-corrected chi connectivity index (χ3v) is 4.87. The van der Waals surface area contributed by atoms with E-state index in [1.54, 1.807) is 0 Å². The smallest absolute Gasteiger partial charge is 0.264 e. The number of nitrogens with one attached hydrogen (secondary N) is 1. The lowest BCUT2D eigenvalue weighted by molar-refractivity contribution is -0.118. The fraction of sp³-hybridized carbons (Fsp3) is 0.238. The van der Waals surface area contributed by atoms with Crippen molar-refractivity contribution in [2.45, 2.75) is 26.7 Å². The van der Waals surface area contributed by atoms with Crippen LogP contribution in [0.25, 0.3) is 11.3 Å². The Morgan fingerprint density at radius 3 is 2.65 bits per heavy atom. The van der Waals surface area contributed by atoms with E-state index in [1.165, 1.54) is 16.9 Å². The van der Waals surface area contributed by atoms with Crippen molar-refractivity contribution >= 4 is 22.4 Å². The van der Waals surface area contributed by atoms with Crippen molar-refractivity contribution < 1.29 is 9.53 Å². The lowest BCUT2D eigenvalue weighted by Gasteiger charge is -2.09. The van der Waals surface area contributed by atoms with E-state index in [9.17, 15) is 4.79 Å². The number of amides is 1. The summed E-state index contributed by atoms with van der Waals surface area (Å²) in [6.45, 7) is 6.21. The maximum Gasteiger partial charge on any atom is 0.264 e. The Hall–Kier alpha value is -2.66. The van der Waals surface area contributed by atoms with Crippen LogP contribution in [0, 0.1) is 6.92 Å². The van der Waals surface area contributed by atoms with Gasteiger partial charge in [0.05, 0.1) is 5.69 Å². The van der Waals surface area contributed by atoms with Gasteiger partial charge in [-0.05, 0) is 30.5 Å². The number of aryl methyl sites for hydroxylation is 1. The second kappa shape index (κ2) is 8.15. The van der Waals surface area contributed by atoms with E-state index < -0.39 is 0 Å². The molecule has 5 heteroatoms. The van der Waals surface area contributed by atoms with Crippen LogP contribution in [0.4, 0.5) is 5.13 Å². The lowest BCUT2D eigenvalue weighted by atomic mass is 10.0. The molecule has 0 aliphatic heterocycles. The number of aromatic nitrogens is 1. The highest BCUT2D eigenvalue weighted by Crippen LogP contribution is 2.30. The molecule has 0 bridgehead atoms. The predicted molar refractivity (Wildman–Crippen MR) is 107 cm³/mol. The van der Waals surface area contributed by atoms with Crippen LogP contribution in [0.3, 0.4) is 0 Å². The molecule has 26 heavy (non-hydrogen) atoms. The molecule has 3 aromatic rings. The first-order valence-electron chi connectivity index (χ1n) is 8.58. The average molecular weight is 366 g/mol. The summed E-state index contributed by atoms with van der Waals surface area (Å²) in [6.07, 6.45) is 0. The van der Waals surface area contributed by atoms with Crippen LogP contribution in [0.15, 0.2) is 54.6 Å². The van der Waals surface area contributed by atoms with Gasteiger partial charge >= 0.3 is 0 Å². The Bertz CT molecular complexity index is 888. The van der Waals surface area contributed by atoms with E-state index in [2.05, 4.69) is 30.2 Å². The van der Waals surface area contributed by atoms with Crippen molar-refractivity contribution in [2.75, 3.05) is 11.9 Å². The van der Waals surface area contributed by atoms with Gasteiger partial charge in [0.15, 0.2) is 11.7 Å². The largest absolute Gasteiger partial charge is 0.484 e. The second-order valence-corrected chi connectivity index (χ2v) is 7.56. The number of hydrogen-bond donors (Lipinski definition) is 1. The maximum atomic E-state index is 12.2. The summed E-state index contributed by atoms with van der Waals surface area (Å²) in [4.78, 5) is 17.8. The summed E-state index contributed by atoms with van der Waals surface area (Å²) in [6, 6.07) is 17.8. The van der Waals surface area contributed by atoms with Crippen molar-refractivity contribution in [1.82, 2.24) is 4.98 Å². The van der Waals surface area contributed by atoms with Crippen molar-refractivity contribution in [3.05, 3.63) is 65.0 Å². The lowest BCUT2D eigenvalue weighted by Crippen LogP contribution is -2.20. The normalized spacial score (nSPS) is 10.8. The summed E-state index contributed by atoms with van der Waals surface area (Å²) >= 11 is 1.47. The minimum Gasteiger partial charge on any atom is -0.484 e. The molecule has 0 aliphatic rings. The number of carbonyl (C=O) groups excluding carboxylic acids is 1. The number of benzene rings is 2. The van der Waals surface area contributed by atoms with Gasteiger partial charge in [-0.2, -0.15) is 0 Å². The van der Waals surface area contributed by atoms with Gasteiger partial charge in [-0.25, -0.2) is 4.98 Å². The van der Waals surface area contributed by atoms with Gasteiger partial charge in [0.2, 0.25) is 0 Å². The number of nitrogens with zero attached hydrogens (tertiary/aromatic N) is 1. The van der Waals surface area contributed by atoms with E-state index >= 15 is 0 Å². The van der Waals surface area contributed by atoms with Crippen molar-refractivity contribution in [3.8, 4) is 17.0 Å². The molecule has 0 fully saturated rings. The Balaban J connectivity index is 1.61. The number of ether oxygens (including phenoxy) is 1. The summed E-state index contributed by atoms with van der Waals surface area (Å²) in [5.74, 6) is 0.905. The Kier molecular flexibility index (Phi) is 5.68. The molecule has 0 spiro atoms. The number of anilines is 1. The minimum absolute atomic E-state index is 0.0408. The summed E-state index contributed by atoms with van der Waals surface area (Å²) in [7, 11) is 0. The molecule has 1 N–H and O–H groups in total. The zero-order chi connectivity index (χ0) is 18.5. The maximum absolute atomic E-state index is 12.2. The predicted octanol–water partition coefficient (Wildman–Crippen LogP) is 5.26. The molecule has 0 aliphatic carbocycles. The molecule has 0 radical (unpaired) electrons. The molecule has 134 valence electrons. The van der Waals surface area contributed by atoms with Crippen LogP contribution in [-0.2, 0) is 4.79 Å². The van der Waals surface area contributed by atoms with Crippen LogP contribution >= 0.6 is 11.3 Å². The molecular weight excluding hydrogens is 344 g/mol. The number of thiazole rings is 1. The fourth-order valence-corrected chi connectivity index (χ4v) is 3.43. The molecule has 1 amide bonds.